The monoisotopic (exact) mass is 225 g/mol. The zero-order valence-corrected chi connectivity index (χ0v) is 9.38. The smallest absolute Gasteiger partial charge is 0.308 e. The molecule has 3 heteroatoms. The van der Waals surface area contributed by atoms with Gasteiger partial charge in [0.25, 0.3) is 0 Å². The van der Waals surface area contributed by atoms with E-state index in [0.29, 0.717) is 5.75 Å². The lowest BCUT2D eigenvalue weighted by Gasteiger charge is -2.08. The second-order valence-corrected chi connectivity index (χ2v) is 3.92. The van der Waals surface area contributed by atoms with Gasteiger partial charge in [-0.1, -0.05) is 18.2 Å². The molecule has 0 atom stereocenters. The Balaban J connectivity index is 2.39. The molecule has 3 nitrogen and oxygen atoms in total. The first-order chi connectivity index (χ1) is 8.25. The molecule has 3 aromatic rings. The van der Waals surface area contributed by atoms with Crippen molar-refractivity contribution in [1.29, 1.82) is 0 Å². The van der Waals surface area contributed by atoms with Gasteiger partial charge in [-0.25, -0.2) is 0 Å². The van der Waals surface area contributed by atoms with Crippen LogP contribution in [0.3, 0.4) is 0 Å². The maximum absolute atomic E-state index is 11.1. The summed E-state index contributed by atoms with van der Waals surface area (Å²) in [5.41, 5.74) is 2.00. The summed E-state index contributed by atoms with van der Waals surface area (Å²) in [6, 6.07) is 13.8. The predicted molar refractivity (Wildman–Crippen MR) is 66.2 cm³/mol. The van der Waals surface area contributed by atoms with E-state index in [1.54, 1.807) is 0 Å². The molecule has 0 bridgehead atoms. The quantitative estimate of drug-likeness (QED) is 0.596. The highest BCUT2D eigenvalue weighted by Gasteiger charge is 2.08. The van der Waals surface area contributed by atoms with Crippen molar-refractivity contribution >= 4 is 22.4 Å². The van der Waals surface area contributed by atoms with Gasteiger partial charge in [-0.15, -0.1) is 0 Å². The number of pyridine rings is 1. The Labute approximate surface area is 98.2 Å². The number of para-hydroxylation sites is 1. The fourth-order valence-electron chi connectivity index (χ4n) is 2.07. The maximum Gasteiger partial charge on any atom is 0.308 e. The van der Waals surface area contributed by atoms with Gasteiger partial charge in [0.1, 0.15) is 0 Å². The zero-order valence-electron chi connectivity index (χ0n) is 9.38. The molecule has 2 aromatic heterocycles. The third-order valence-corrected chi connectivity index (χ3v) is 2.74. The van der Waals surface area contributed by atoms with Gasteiger partial charge in [0, 0.05) is 18.5 Å². The molecular weight excluding hydrogens is 214 g/mol. The number of carbonyl (C=O) groups is 1. The number of esters is 1. The lowest BCUT2D eigenvalue weighted by molar-refractivity contribution is -0.131. The number of carbonyl (C=O) groups excluding carboxylic acids is 1. The van der Waals surface area contributed by atoms with Crippen LogP contribution in [0.1, 0.15) is 6.92 Å². The summed E-state index contributed by atoms with van der Waals surface area (Å²) in [6.45, 7) is 1.41. The van der Waals surface area contributed by atoms with Crippen LogP contribution in [0.25, 0.3) is 16.4 Å². The highest BCUT2D eigenvalue weighted by atomic mass is 16.5. The molecule has 0 amide bonds. The van der Waals surface area contributed by atoms with Gasteiger partial charge in [-0.3, -0.25) is 4.79 Å². The van der Waals surface area contributed by atoms with Crippen LogP contribution >= 0.6 is 0 Å². The van der Waals surface area contributed by atoms with Crippen LogP contribution in [0.15, 0.2) is 48.7 Å². The van der Waals surface area contributed by atoms with Gasteiger partial charge in [0.15, 0.2) is 5.75 Å². The summed E-state index contributed by atoms with van der Waals surface area (Å²) < 4.78 is 7.26. The van der Waals surface area contributed by atoms with Crippen LogP contribution in [0, 0.1) is 0 Å². The van der Waals surface area contributed by atoms with Crippen LogP contribution in [0.5, 0.6) is 5.75 Å². The van der Waals surface area contributed by atoms with Crippen molar-refractivity contribution in [3.05, 3.63) is 48.7 Å². The van der Waals surface area contributed by atoms with Crippen molar-refractivity contribution in [3.8, 4) is 5.75 Å². The molecule has 0 aliphatic rings. The second-order valence-electron chi connectivity index (χ2n) is 3.92. The number of rotatable bonds is 1. The Kier molecular flexibility index (Phi) is 2.11. The molecule has 0 saturated heterocycles. The molecule has 84 valence electrons. The van der Waals surface area contributed by atoms with Crippen molar-refractivity contribution in [2.24, 2.45) is 0 Å². The SMILES string of the molecule is CC(=O)Oc1cc2ccccc2n2cccc12. The van der Waals surface area contributed by atoms with Crippen molar-refractivity contribution in [2.75, 3.05) is 0 Å². The van der Waals surface area contributed by atoms with Gasteiger partial charge in [0.05, 0.1) is 11.0 Å². The van der Waals surface area contributed by atoms with E-state index in [0.717, 1.165) is 16.4 Å². The number of hydrogen-bond donors (Lipinski definition) is 0. The lowest BCUT2D eigenvalue weighted by Crippen LogP contribution is -2.03. The second kappa shape index (κ2) is 3.63. The van der Waals surface area contributed by atoms with E-state index < -0.39 is 0 Å². The van der Waals surface area contributed by atoms with E-state index in [9.17, 15) is 4.79 Å². The largest absolute Gasteiger partial charge is 0.424 e. The van der Waals surface area contributed by atoms with E-state index in [4.69, 9.17) is 4.74 Å². The fraction of sp³-hybridized carbons (Fsp3) is 0.0714. The zero-order chi connectivity index (χ0) is 11.8. The minimum atomic E-state index is -0.302. The summed E-state index contributed by atoms with van der Waals surface area (Å²) in [4.78, 5) is 11.1. The summed E-state index contributed by atoms with van der Waals surface area (Å²) in [6.07, 6.45) is 1.96. The first-order valence-corrected chi connectivity index (χ1v) is 5.43. The minimum absolute atomic E-state index is 0.302. The van der Waals surface area contributed by atoms with Gasteiger partial charge in [-0.05, 0) is 24.3 Å². The van der Waals surface area contributed by atoms with Gasteiger partial charge in [-0.2, -0.15) is 0 Å². The highest BCUT2D eigenvalue weighted by molar-refractivity contribution is 5.87. The summed E-state index contributed by atoms with van der Waals surface area (Å²) >= 11 is 0. The molecule has 3 rings (SSSR count). The molecule has 0 N–H and O–H groups in total. The van der Waals surface area contributed by atoms with E-state index in [2.05, 4.69) is 0 Å². The third kappa shape index (κ3) is 1.56. The molecule has 17 heavy (non-hydrogen) atoms. The Bertz CT molecular complexity index is 712. The van der Waals surface area contributed by atoms with Crippen LogP contribution in [0.2, 0.25) is 0 Å². The van der Waals surface area contributed by atoms with Crippen LogP contribution in [-0.4, -0.2) is 10.4 Å². The Morgan fingerprint density at radius 3 is 2.71 bits per heavy atom. The van der Waals surface area contributed by atoms with E-state index in [1.807, 2.05) is 53.1 Å². The minimum Gasteiger partial charge on any atom is -0.424 e. The predicted octanol–water partition coefficient (Wildman–Crippen LogP) is 3.02. The van der Waals surface area contributed by atoms with Crippen LogP contribution in [0.4, 0.5) is 0 Å². The van der Waals surface area contributed by atoms with Crippen molar-refractivity contribution < 1.29 is 9.53 Å². The van der Waals surface area contributed by atoms with E-state index in [-0.39, 0.29) is 5.97 Å². The molecular formula is C14H11NO2. The van der Waals surface area contributed by atoms with Crippen molar-refractivity contribution in [1.82, 2.24) is 4.40 Å². The van der Waals surface area contributed by atoms with Crippen molar-refractivity contribution in [2.45, 2.75) is 6.92 Å². The summed E-state index contributed by atoms with van der Waals surface area (Å²) in [5.74, 6) is 0.296. The number of fused-ring (bicyclic) bond motifs is 3. The fourth-order valence-corrected chi connectivity index (χ4v) is 2.07. The van der Waals surface area contributed by atoms with Crippen molar-refractivity contribution in [3.63, 3.8) is 0 Å². The molecule has 2 heterocycles. The van der Waals surface area contributed by atoms with Gasteiger partial charge in [0.2, 0.25) is 0 Å². The average molecular weight is 225 g/mol. The van der Waals surface area contributed by atoms with Crippen LogP contribution < -0.4 is 4.74 Å². The summed E-state index contributed by atoms with van der Waals surface area (Å²) in [7, 11) is 0. The Morgan fingerprint density at radius 1 is 1.12 bits per heavy atom. The molecule has 0 radical (unpaired) electrons. The average Bonchev–Trinajstić information content (AvgIpc) is 2.78. The first kappa shape index (κ1) is 9.90. The number of nitrogens with zero attached hydrogens (tertiary/aromatic N) is 1. The van der Waals surface area contributed by atoms with E-state index >= 15 is 0 Å². The van der Waals surface area contributed by atoms with Crippen LogP contribution in [-0.2, 0) is 4.79 Å². The molecule has 0 spiro atoms. The number of ether oxygens (including phenoxy) is 1. The third-order valence-electron chi connectivity index (χ3n) is 2.74. The number of aromatic nitrogens is 1. The molecule has 0 unspecified atom stereocenters. The topological polar surface area (TPSA) is 30.7 Å². The summed E-state index contributed by atoms with van der Waals surface area (Å²) in [5, 5.41) is 1.05. The number of benzene rings is 1. The Hall–Kier alpha value is -2.29. The standard InChI is InChI=1S/C14H11NO2/c1-10(16)17-14-9-11-5-2-3-6-12(11)15-8-4-7-13(14)15/h2-9H,1H3. The maximum atomic E-state index is 11.1. The Morgan fingerprint density at radius 2 is 1.88 bits per heavy atom. The van der Waals surface area contributed by atoms with Gasteiger partial charge < -0.3 is 9.14 Å². The van der Waals surface area contributed by atoms with Gasteiger partial charge >= 0.3 is 5.97 Å². The number of hydrogen-bond acceptors (Lipinski definition) is 2. The lowest BCUT2D eigenvalue weighted by atomic mass is 10.2. The molecule has 1 aromatic carbocycles. The highest BCUT2D eigenvalue weighted by Crippen LogP contribution is 2.27. The first-order valence-electron chi connectivity index (χ1n) is 5.43. The normalized spacial score (nSPS) is 10.9. The molecule has 0 saturated carbocycles. The van der Waals surface area contributed by atoms with E-state index in [1.165, 1.54) is 6.92 Å². The molecule has 0 aliphatic carbocycles. The molecule has 0 fully saturated rings. The molecule has 0 aliphatic heterocycles.